The van der Waals surface area contributed by atoms with Crippen LogP contribution in [0.3, 0.4) is 0 Å². The van der Waals surface area contributed by atoms with Gasteiger partial charge in [-0.05, 0) is 23.4 Å². The number of nitrogens with zero attached hydrogens (tertiary/aromatic N) is 5. The summed E-state index contributed by atoms with van der Waals surface area (Å²) in [4.78, 5) is 23.7. The molecule has 0 amide bonds. The van der Waals surface area contributed by atoms with E-state index in [9.17, 15) is 4.79 Å². The Balaban J connectivity index is 1.29. The predicted octanol–water partition coefficient (Wildman–Crippen LogP) is 2.11. The lowest BCUT2D eigenvalue weighted by atomic mass is 10.0. The second kappa shape index (κ2) is 6.39. The quantitative estimate of drug-likeness (QED) is 0.708. The molecule has 6 nitrogen and oxygen atoms in total. The van der Waals surface area contributed by atoms with E-state index < -0.39 is 0 Å². The van der Waals surface area contributed by atoms with E-state index in [1.54, 1.807) is 10.7 Å². The first-order valence-corrected chi connectivity index (χ1v) is 10.1. The van der Waals surface area contributed by atoms with Crippen molar-refractivity contribution in [3.05, 3.63) is 58.1 Å². The SMILES string of the molecule is O=c1cc2c(nn1CC1CN(c3cnc4ccccc4n3)C1)CCSC2. The van der Waals surface area contributed by atoms with Gasteiger partial charge in [-0.25, -0.2) is 9.67 Å². The number of fused-ring (bicyclic) bond motifs is 2. The number of anilines is 1. The molecule has 0 saturated carbocycles. The van der Waals surface area contributed by atoms with Crippen LogP contribution >= 0.6 is 11.8 Å². The Morgan fingerprint density at radius 2 is 2.04 bits per heavy atom. The van der Waals surface area contributed by atoms with Crippen molar-refractivity contribution in [2.45, 2.75) is 18.7 Å². The fourth-order valence-corrected chi connectivity index (χ4v) is 4.55. The maximum atomic E-state index is 12.3. The number of hydrogen-bond acceptors (Lipinski definition) is 6. The maximum Gasteiger partial charge on any atom is 0.267 e. The topological polar surface area (TPSA) is 63.9 Å². The minimum Gasteiger partial charge on any atom is -0.354 e. The average molecular weight is 365 g/mol. The molecule has 132 valence electrons. The van der Waals surface area contributed by atoms with Crippen molar-refractivity contribution in [1.29, 1.82) is 0 Å². The summed E-state index contributed by atoms with van der Waals surface area (Å²) in [7, 11) is 0. The summed E-state index contributed by atoms with van der Waals surface area (Å²) >= 11 is 1.87. The molecule has 0 radical (unpaired) electrons. The highest BCUT2D eigenvalue weighted by Crippen LogP contribution is 2.25. The summed E-state index contributed by atoms with van der Waals surface area (Å²) in [5.41, 5.74) is 4.06. The van der Waals surface area contributed by atoms with Gasteiger partial charge in [-0.3, -0.25) is 9.78 Å². The highest BCUT2D eigenvalue weighted by Gasteiger charge is 2.29. The van der Waals surface area contributed by atoms with Crippen molar-refractivity contribution < 1.29 is 0 Å². The molecule has 0 spiro atoms. The molecule has 0 aliphatic carbocycles. The van der Waals surface area contributed by atoms with Crippen LogP contribution in [0.15, 0.2) is 41.3 Å². The van der Waals surface area contributed by atoms with E-state index in [1.807, 2.05) is 42.2 Å². The van der Waals surface area contributed by atoms with E-state index in [0.29, 0.717) is 12.5 Å². The first kappa shape index (κ1) is 15.8. The zero-order valence-electron chi connectivity index (χ0n) is 14.3. The lowest BCUT2D eigenvalue weighted by molar-refractivity contribution is 0.331. The molecular weight excluding hydrogens is 346 g/mol. The summed E-state index contributed by atoms with van der Waals surface area (Å²) in [6.45, 7) is 2.44. The van der Waals surface area contributed by atoms with Gasteiger partial charge >= 0.3 is 0 Å². The van der Waals surface area contributed by atoms with E-state index in [2.05, 4.69) is 15.0 Å². The Morgan fingerprint density at radius 1 is 1.19 bits per heavy atom. The second-order valence-electron chi connectivity index (χ2n) is 6.93. The van der Waals surface area contributed by atoms with Crippen LogP contribution in [-0.4, -0.2) is 38.6 Å². The zero-order valence-corrected chi connectivity index (χ0v) is 15.2. The average Bonchev–Trinajstić information content (AvgIpc) is 2.64. The molecule has 0 unspecified atom stereocenters. The largest absolute Gasteiger partial charge is 0.354 e. The van der Waals surface area contributed by atoms with E-state index in [0.717, 1.165) is 59.1 Å². The summed E-state index contributed by atoms with van der Waals surface area (Å²) in [6, 6.07) is 9.68. The highest BCUT2D eigenvalue weighted by molar-refractivity contribution is 7.98. The minimum absolute atomic E-state index is 0.0233. The van der Waals surface area contributed by atoms with E-state index in [4.69, 9.17) is 4.98 Å². The molecule has 1 aromatic carbocycles. The third kappa shape index (κ3) is 2.86. The van der Waals surface area contributed by atoms with Crippen LogP contribution < -0.4 is 10.5 Å². The monoisotopic (exact) mass is 365 g/mol. The second-order valence-corrected chi connectivity index (χ2v) is 8.03. The van der Waals surface area contributed by atoms with Crippen molar-refractivity contribution in [1.82, 2.24) is 19.7 Å². The number of hydrogen-bond donors (Lipinski definition) is 0. The van der Waals surface area contributed by atoms with Crippen LogP contribution in [0, 0.1) is 5.92 Å². The molecule has 4 heterocycles. The minimum atomic E-state index is 0.0233. The normalized spacial score (nSPS) is 17.2. The summed E-state index contributed by atoms with van der Waals surface area (Å²) in [5, 5.41) is 4.62. The first-order valence-electron chi connectivity index (χ1n) is 8.91. The fraction of sp³-hybridized carbons (Fsp3) is 0.368. The predicted molar refractivity (Wildman–Crippen MR) is 104 cm³/mol. The third-order valence-corrected chi connectivity index (χ3v) is 6.06. The van der Waals surface area contributed by atoms with Crippen LogP contribution in [-0.2, 0) is 18.7 Å². The summed E-state index contributed by atoms with van der Waals surface area (Å²) in [6.07, 6.45) is 2.79. The Bertz CT molecular complexity index is 1030. The lowest BCUT2D eigenvalue weighted by Gasteiger charge is -2.40. The van der Waals surface area contributed by atoms with Gasteiger partial charge in [0, 0.05) is 37.2 Å². The molecular formula is C19H19N5OS. The zero-order chi connectivity index (χ0) is 17.5. The molecule has 0 N–H and O–H groups in total. The van der Waals surface area contributed by atoms with Crippen LogP contribution in [0.2, 0.25) is 0 Å². The smallest absolute Gasteiger partial charge is 0.267 e. The molecule has 7 heteroatoms. The van der Waals surface area contributed by atoms with Crippen LogP contribution in [0.5, 0.6) is 0 Å². The van der Waals surface area contributed by atoms with Crippen LogP contribution in [0.25, 0.3) is 11.0 Å². The molecule has 3 aromatic rings. The van der Waals surface area contributed by atoms with Gasteiger partial charge in [0.15, 0.2) is 0 Å². The summed E-state index contributed by atoms with van der Waals surface area (Å²) in [5.74, 6) is 3.33. The Labute approximate surface area is 155 Å². The summed E-state index contributed by atoms with van der Waals surface area (Å²) < 4.78 is 1.66. The Kier molecular flexibility index (Phi) is 3.89. The van der Waals surface area contributed by atoms with Crippen molar-refractivity contribution in [2.24, 2.45) is 5.92 Å². The molecule has 1 fully saturated rings. The van der Waals surface area contributed by atoms with Crippen molar-refractivity contribution in [3.8, 4) is 0 Å². The molecule has 1 saturated heterocycles. The first-order chi connectivity index (χ1) is 12.8. The number of rotatable bonds is 3. The molecule has 2 aliphatic heterocycles. The number of benzene rings is 1. The molecule has 5 rings (SSSR count). The van der Waals surface area contributed by atoms with Gasteiger partial charge in [-0.2, -0.15) is 16.9 Å². The van der Waals surface area contributed by atoms with Crippen LogP contribution in [0.1, 0.15) is 11.3 Å². The number of para-hydroxylation sites is 2. The Morgan fingerprint density at radius 3 is 2.92 bits per heavy atom. The molecule has 2 aromatic heterocycles. The molecule has 0 atom stereocenters. The maximum absolute atomic E-state index is 12.3. The van der Waals surface area contributed by atoms with E-state index >= 15 is 0 Å². The Hall–Kier alpha value is -2.41. The van der Waals surface area contributed by atoms with Gasteiger partial charge in [0.05, 0.1) is 29.5 Å². The van der Waals surface area contributed by atoms with Gasteiger partial charge < -0.3 is 4.90 Å². The van der Waals surface area contributed by atoms with Gasteiger partial charge in [0.1, 0.15) is 5.82 Å². The standard InChI is InChI=1S/C19H19N5OS/c25-19-7-14-12-26-6-5-15(14)22-24(19)11-13-9-23(10-13)18-8-20-16-3-1-2-4-17(16)21-18/h1-4,7-8,13H,5-6,9-12H2. The van der Waals surface area contributed by atoms with Gasteiger partial charge in [0.25, 0.3) is 5.56 Å². The van der Waals surface area contributed by atoms with E-state index in [-0.39, 0.29) is 5.56 Å². The molecule has 2 aliphatic rings. The van der Waals surface area contributed by atoms with Crippen molar-refractivity contribution >= 4 is 28.6 Å². The van der Waals surface area contributed by atoms with Gasteiger partial charge in [-0.15, -0.1) is 0 Å². The lowest BCUT2D eigenvalue weighted by Crippen LogP contribution is -2.50. The van der Waals surface area contributed by atoms with Gasteiger partial charge in [-0.1, -0.05) is 12.1 Å². The highest BCUT2D eigenvalue weighted by atomic mass is 32.2. The van der Waals surface area contributed by atoms with Crippen molar-refractivity contribution in [2.75, 3.05) is 23.7 Å². The molecule has 0 bridgehead atoms. The third-order valence-electron chi connectivity index (χ3n) is 5.05. The number of thioether (sulfide) groups is 1. The van der Waals surface area contributed by atoms with Gasteiger partial charge in [0.2, 0.25) is 0 Å². The number of aryl methyl sites for hydroxylation is 1. The molecule has 26 heavy (non-hydrogen) atoms. The van der Waals surface area contributed by atoms with Crippen molar-refractivity contribution in [3.63, 3.8) is 0 Å². The number of aromatic nitrogens is 4. The van der Waals surface area contributed by atoms with Crippen LogP contribution in [0.4, 0.5) is 5.82 Å². The van der Waals surface area contributed by atoms with E-state index in [1.165, 1.54) is 0 Å². The fourth-order valence-electron chi connectivity index (χ4n) is 3.60.